The number of carbonyl (C=O) groups is 1. The van der Waals surface area contributed by atoms with Crippen molar-refractivity contribution in [2.24, 2.45) is 11.8 Å². The molecule has 1 heterocycles. The minimum Gasteiger partial charge on any atom is -0.293 e. The Morgan fingerprint density at radius 3 is 2.46 bits per heavy atom. The molecule has 1 atom stereocenters. The maximum Gasteiger partial charge on any atom is 0.176 e. The van der Waals surface area contributed by atoms with Crippen LogP contribution in [-0.2, 0) is 0 Å². The van der Waals surface area contributed by atoms with Gasteiger partial charge in [0.05, 0.1) is 4.88 Å². The van der Waals surface area contributed by atoms with Crippen LogP contribution in [0.4, 0.5) is 0 Å². The van der Waals surface area contributed by atoms with Gasteiger partial charge < -0.3 is 0 Å². The van der Waals surface area contributed by atoms with Crippen LogP contribution in [0.2, 0.25) is 0 Å². The molecule has 0 aromatic carbocycles. The van der Waals surface area contributed by atoms with Crippen LogP contribution >= 0.6 is 27.3 Å². The van der Waals surface area contributed by atoms with Crippen molar-refractivity contribution in [3.8, 4) is 0 Å². The van der Waals surface area contributed by atoms with Gasteiger partial charge in [0.2, 0.25) is 0 Å². The minimum atomic E-state index is 0.106. The Bertz CT molecular complexity index is 304. The van der Waals surface area contributed by atoms with Crippen LogP contribution in [0.1, 0.15) is 30.4 Å². The zero-order chi connectivity index (χ0) is 10.0. The number of ketones is 1. The van der Waals surface area contributed by atoms with Crippen LogP contribution in [0.5, 0.6) is 0 Å². The summed E-state index contributed by atoms with van der Waals surface area (Å²) < 4.78 is 0.926. The van der Waals surface area contributed by atoms with E-state index in [9.17, 15) is 4.79 Å². The Morgan fingerprint density at radius 2 is 2.08 bits per heavy atom. The first-order chi connectivity index (χ1) is 6.04. The van der Waals surface area contributed by atoms with E-state index < -0.39 is 0 Å². The zero-order valence-corrected chi connectivity index (χ0v) is 10.4. The Balaban J connectivity index is 2.86. The van der Waals surface area contributed by atoms with Crippen molar-refractivity contribution in [2.45, 2.75) is 20.8 Å². The average molecular weight is 261 g/mol. The summed E-state index contributed by atoms with van der Waals surface area (Å²) in [5.74, 6) is 0.758. The van der Waals surface area contributed by atoms with Gasteiger partial charge in [0.25, 0.3) is 0 Å². The molecule has 0 bridgehead atoms. The van der Waals surface area contributed by atoms with Gasteiger partial charge in [-0.3, -0.25) is 4.79 Å². The van der Waals surface area contributed by atoms with Gasteiger partial charge in [-0.05, 0) is 33.3 Å². The molecule has 0 aliphatic heterocycles. The molecule has 1 unspecified atom stereocenters. The molecule has 1 aromatic rings. The fourth-order valence-electron chi connectivity index (χ4n) is 0.979. The molecule has 0 fully saturated rings. The summed E-state index contributed by atoms with van der Waals surface area (Å²) in [5, 5.41) is 1.93. The lowest BCUT2D eigenvalue weighted by Crippen LogP contribution is -2.16. The third-order valence-electron chi connectivity index (χ3n) is 2.25. The van der Waals surface area contributed by atoms with E-state index in [2.05, 4.69) is 29.8 Å². The summed E-state index contributed by atoms with van der Waals surface area (Å²) in [4.78, 5) is 12.7. The first kappa shape index (κ1) is 10.9. The summed E-state index contributed by atoms with van der Waals surface area (Å²) >= 11 is 4.88. The third-order valence-corrected chi connectivity index (χ3v) is 4.11. The molecule has 0 spiro atoms. The summed E-state index contributed by atoms with van der Waals surface area (Å²) in [5.41, 5.74) is 0. The quantitative estimate of drug-likeness (QED) is 0.752. The van der Waals surface area contributed by atoms with Crippen molar-refractivity contribution < 1.29 is 4.79 Å². The lowest BCUT2D eigenvalue weighted by atomic mass is 9.93. The number of hydrogen-bond donors (Lipinski definition) is 0. The molecule has 13 heavy (non-hydrogen) atoms. The van der Waals surface area contributed by atoms with Crippen molar-refractivity contribution >= 4 is 33.0 Å². The second-order valence-corrected chi connectivity index (χ2v) is 5.27. The van der Waals surface area contributed by atoms with Crippen molar-refractivity contribution in [1.29, 1.82) is 0 Å². The largest absolute Gasteiger partial charge is 0.293 e. The number of carbonyl (C=O) groups excluding carboxylic acids is 1. The zero-order valence-electron chi connectivity index (χ0n) is 8.00. The number of halogens is 1. The van der Waals surface area contributed by atoms with Gasteiger partial charge in [0.15, 0.2) is 5.78 Å². The van der Waals surface area contributed by atoms with Crippen LogP contribution in [0.25, 0.3) is 0 Å². The van der Waals surface area contributed by atoms with E-state index in [1.165, 1.54) is 11.3 Å². The van der Waals surface area contributed by atoms with E-state index in [0.29, 0.717) is 5.92 Å². The van der Waals surface area contributed by atoms with Crippen LogP contribution < -0.4 is 0 Å². The van der Waals surface area contributed by atoms with E-state index in [1.54, 1.807) is 0 Å². The van der Waals surface area contributed by atoms with Crippen LogP contribution in [0.15, 0.2) is 15.9 Å². The fraction of sp³-hybridized carbons (Fsp3) is 0.500. The highest BCUT2D eigenvalue weighted by molar-refractivity contribution is 9.10. The van der Waals surface area contributed by atoms with Crippen LogP contribution in [0.3, 0.4) is 0 Å². The van der Waals surface area contributed by atoms with Gasteiger partial charge in [0.1, 0.15) is 0 Å². The molecule has 1 aromatic heterocycles. The normalized spacial score (nSPS) is 13.3. The summed E-state index contributed by atoms with van der Waals surface area (Å²) in [6, 6.07) is 1.92. The van der Waals surface area contributed by atoms with E-state index in [-0.39, 0.29) is 11.7 Å². The molecule has 0 N–H and O–H groups in total. The Morgan fingerprint density at radius 1 is 1.46 bits per heavy atom. The molecule has 0 saturated heterocycles. The Hall–Kier alpha value is -0.150. The van der Waals surface area contributed by atoms with E-state index >= 15 is 0 Å². The Labute approximate surface area is 91.3 Å². The topological polar surface area (TPSA) is 17.1 Å². The molecule has 0 amide bonds. The highest BCUT2D eigenvalue weighted by atomic mass is 79.9. The average Bonchev–Trinajstić information content (AvgIpc) is 2.48. The standard InChI is InChI=1S/C10H13BrOS/c1-6(2)7(3)9(12)10-8(11)4-5-13-10/h4-7H,1-3H3. The highest BCUT2D eigenvalue weighted by Crippen LogP contribution is 2.27. The summed E-state index contributed by atoms with van der Waals surface area (Å²) in [6.45, 7) is 6.13. The van der Waals surface area contributed by atoms with E-state index in [1.807, 2.05) is 18.4 Å². The maximum atomic E-state index is 11.8. The molecule has 0 radical (unpaired) electrons. The lowest BCUT2D eigenvalue weighted by molar-refractivity contribution is 0.0903. The molecular weight excluding hydrogens is 248 g/mol. The number of Topliss-reactive ketones (excluding diaryl/α,β-unsaturated/α-hetero) is 1. The van der Waals surface area contributed by atoms with Crippen LogP contribution in [-0.4, -0.2) is 5.78 Å². The number of thiophene rings is 1. The molecule has 0 saturated carbocycles. The predicted molar refractivity (Wildman–Crippen MR) is 60.4 cm³/mol. The summed E-state index contributed by atoms with van der Waals surface area (Å²) in [6.07, 6.45) is 0. The monoisotopic (exact) mass is 260 g/mol. The van der Waals surface area contributed by atoms with Crippen molar-refractivity contribution in [3.05, 3.63) is 20.8 Å². The second-order valence-electron chi connectivity index (χ2n) is 3.49. The Kier molecular flexibility index (Phi) is 3.68. The second kappa shape index (κ2) is 4.38. The first-order valence-corrected chi connectivity index (χ1v) is 5.98. The molecular formula is C10H13BrOS. The summed E-state index contributed by atoms with van der Waals surface area (Å²) in [7, 11) is 0. The van der Waals surface area contributed by atoms with Gasteiger partial charge in [-0.15, -0.1) is 11.3 Å². The van der Waals surface area contributed by atoms with E-state index in [0.717, 1.165) is 9.35 Å². The maximum absolute atomic E-state index is 11.8. The van der Waals surface area contributed by atoms with Crippen molar-refractivity contribution in [2.75, 3.05) is 0 Å². The fourth-order valence-corrected chi connectivity index (χ4v) is 2.58. The smallest absolute Gasteiger partial charge is 0.176 e. The van der Waals surface area contributed by atoms with E-state index in [4.69, 9.17) is 0 Å². The van der Waals surface area contributed by atoms with Gasteiger partial charge in [-0.25, -0.2) is 0 Å². The molecule has 1 rings (SSSR count). The minimum absolute atomic E-state index is 0.106. The number of hydrogen-bond acceptors (Lipinski definition) is 2. The lowest BCUT2D eigenvalue weighted by Gasteiger charge is -2.12. The van der Waals surface area contributed by atoms with Gasteiger partial charge in [-0.2, -0.15) is 0 Å². The van der Waals surface area contributed by atoms with Gasteiger partial charge in [0, 0.05) is 10.4 Å². The molecule has 72 valence electrons. The number of rotatable bonds is 3. The third kappa shape index (κ3) is 2.41. The molecule has 0 aliphatic carbocycles. The van der Waals surface area contributed by atoms with Crippen molar-refractivity contribution in [3.63, 3.8) is 0 Å². The van der Waals surface area contributed by atoms with Gasteiger partial charge in [-0.1, -0.05) is 20.8 Å². The van der Waals surface area contributed by atoms with Crippen LogP contribution in [0, 0.1) is 11.8 Å². The molecule has 3 heteroatoms. The first-order valence-electron chi connectivity index (χ1n) is 4.31. The van der Waals surface area contributed by atoms with Crippen molar-refractivity contribution in [1.82, 2.24) is 0 Å². The molecule has 0 aliphatic rings. The predicted octanol–water partition coefficient (Wildman–Crippen LogP) is 3.99. The SMILES string of the molecule is CC(C)C(C)C(=O)c1sccc1Br. The highest BCUT2D eigenvalue weighted by Gasteiger charge is 2.21. The molecule has 1 nitrogen and oxygen atoms in total. The van der Waals surface area contributed by atoms with Gasteiger partial charge >= 0.3 is 0 Å².